The molecule has 1 aliphatic rings. The Morgan fingerprint density at radius 1 is 1.36 bits per heavy atom. The van der Waals surface area contributed by atoms with E-state index in [0.29, 0.717) is 5.92 Å². The first-order valence-electron chi connectivity index (χ1n) is 5.29. The summed E-state index contributed by atoms with van der Waals surface area (Å²) >= 11 is 0. The van der Waals surface area contributed by atoms with E-state index in [4.69, 9.17) is 0 Å². The normalized spacial score (nSPS) is 17.2. The molecule has 1 aliphatic carbocycles. The first-order chi connectivity index (χ1) is 6.83. The molecule has 2 heteroatoms. The highest BCUT2D eigenvalue weighted by atomic mass is 14.9. The predicted molar refractivity (Wildman–Crippen MR) is 57.4 cm³/mol. The van der Waals surface area contributed by atoms with Crippen LogP contribution in [0.3, 0.4) is 0 Å². The number of hydrogen-bond donors (Lipinski definition) is 1. The first-order valence-corrected chi connectivity index (χ1v) is 5.29. The van der Waals surface area contributed by atoms with Gasteiger partial charge in [-0.1, -0.05) is 12.5 Å². The number of nitrogens with zero attached hydrogens (tertiary/aromatic N) is 1. The SMILES string of the molecule is Cc1ccc2nc(C3CCC3)[nH]c2c1. The lowest BCUT2D eigenvalue weighted by molar-refractivity contribution is 0.405. The number of fused-ring (bicyclic) bond motifs is 1. The van der Waals surface area contributed by atoms with Crippen molar-refractivity contribution in [1.29, 1.82) is 0 Å². The van der Waals surface area contributed by atoms with Gasteiger partial charge in [0, 0.05) is 5.92 Å². The molecule has 1 N–H and O–H groups in total. The second-order valence-corrected chi connectivity index (χ2v) is 4.27. The van der Waals surface area contributed by atoms with Crippen LogP contribution in [0.15, 0.2) is 18.2 Å². The number of nitrogens with one attached hydrogen (secondary N) is 1. The third kappa shape index (κ3) is 1.14. The van der Waals surface area contributed by atoms with Crippen LogP contribution in [0.5, 0.6) is 0 Å². The summed E-state index contributed by atoms with van der Waals surface area (Å²) < 4.78 is 0. The summed E-state index contributed by atoms with van der Waals surface area (Å²) in [5.74, 6) is 1.89. The highest BCUT2D eigenvalue weighted by Crippen LogP contribution is 2.35. The van der Waals surface area contributed by atoms with Gasteiger partial charge in [-0.15, -0.1) is 0 Å². The fourth-order valence-electron chi connectivity index (χ4n) is 2.02. The van der Waals surface area contributed by atoms with Crippen LogP contribution < -0.4 is 0 Å². The van der Waals surface area contributed by atoms with E-state index in [-0.39, 0.29) is 0 Å². The maximum absolute atomic E-state index is 4.62. The Morgan fingerprint density at radius 2 is 2.21 bits per heavy atom. The standard InChI is InChI=1S/C12H14N2/c1-8-5-6-10-11(7-8)14-12(13-10)9-3-2-4-9/h5-7,9H,2-4H2,1H3,(H,13,14). The number of benzene rings is 1. The van der Waals surface area contributed by atoms with Gasteiger partial charge in [0.25, 0.3) is 0 Å². The molecule has 2 aromatic rings. The van der Waals surface area contributed by atoms with E-state index in [1.165, 1.54) is 36.2 Å². The van der Waals surface area contributed by atoms with Crippen molar-refractivity contribution in [3.8, 4) is 0 Å². The fraction of sp³-hybridized carbons (Fsp3) is 0.417. The molecule has 1 heterocycles. The predicted octanol–water partition coefficient (Wildman–Crippen LogP) is 3.14. The maximum atomic E-state index is 4.62. The molecule has 3 rings (SSSR count). The van der Waals surface area contributed by atoms with Gasteiger partial charge in [0.15, 0.2) is 0 Å². The van der Waals surface area contributed by atoms with Crippen molar-refractivity contribution < 1.29 is 0 Å². The molecular formula is C12H14N2. The molecule has 1 fully saturated rings. The molecule has 0 spiro atoms. The molecule has 1 aromatic carbocycles. The monoisotopic (exact) mass is 186 g/mol. The van der Waals surface area contributed by atoms with E-state index in [1.54, 1.807) is 0 Å². The zero-order chi connectivity index (χ0) is 9.54. The molecule has 0 bridgehead atoms. The Labute approximate surface area is 83.4 Å². The largest absolute Gasteiger partial charge is 0.342 e. The van der Waals surface area contributed by atoms with Crippen LogP contribution in [-0.4, -0.2) is 9.97 Å². The fourth-order valence-corrected chi connectivity index (χ4v) is 2.02. The van der Waals surface area contributed by atoms with Crippen LogP contribution in [0, 0.1) is 6.92 Å². The Kier molecular flexibility index (Phi) is 1.63. The summed E-state index contributed by atoms with van der Waals surface area (Å²) in [5.41, 5.74) is 3.59. The topological polar surface area (TPSA) is 28.7 Å². The number of rotatable bonds is 1. The van der Waals surface area contributed by atoms with E-state index in [2.05, 4.69) is 35.1 Å². The zero-order valence-corrected chi connectivity index (χ0v) is 8.38. The van der Waals surface area contributed by atoms with Crippen LogP contribution in [0.2, 0.25) is 0 Å². The first kappa shape index (κ1) is 8.04. The van der Waals surface area contributed by atoms with E-state index >= 15 is 0 Å². The zero-order valence-electron chi connectivity index (χ0n) is 8.38. The van der Waals surface area contributed by atoms with Gasteiger partial charge in [-0.25, -0.2) is 4.98 Å². The Hall–Kier alpha value is -1.31. The van der Waals surface area contributed by atoms with Crippen LogP contribution in [-0.2, 0) is 0 Å². The molecule has 0 saturated heterocycles. The van der Waals surface area contributed by atoms with Gasteiger partial charge >= 0.3 is 0 Å². The minimum atomic E-state index is 0.697. The number of H-pyrrole nitrogens is 1. The molecule has 1 saturated carbocycles. The van der Waals surface area contributed by atoms with Crippen molar-refractivity contribution in [3.05, 3.63) is 29.6 Å². The van der Waals surface area contributed by atoms with Gasteiger partial charge in [-0.2, -0.15) is 0 Å². The summed E-state index contributed by atoms with van der Waals surface area (Å²) in [4.78, 5) is 8.05. The van der Waals surface area contributed by atoms with Crippen LogP contribution in [0.25, 0.3) is 11.0 Å². The van der Waals surface area contributed by atoms with Crippen molar-refractivity contribution in [2.75, 3.05) is 0 Å². The number of aryl methyl sites for hydroxylation is 1. The highest BCUT2D eigenvalue weighted by molar-refractivity contribution is 5.75. The second kappa shape index (κ2) is 2.84. The summed E-state index contributed by atoms with van der Waals surface area (Å²) in [6.45, 7) is 2.11. The van der Waals surface area contributed by atoms with Gasteiger partial charge in [-0.05, 0) is 37.5 Å². The average molecular weight is 186 g/mol. The van der Waals surface area contributed by atoms with Crippen molar-refractivity contribution >= 4 is 11.0 Å². The molecule has 72 valence electrons. The van der Waals surface area contributed by atoms with Crippen molar-refractivity contribution in [1.82, 2.24) is 9.97 Å². The van der Waals surface area contributed by atoms with Gasteiger partial charge in [0.1, 0.15) is 5.82 Å². The Morgan fingerprint density at radius 3 is 2.93 bits per heavy atom. The molecule has 0 radical (unpaired) electrons. The number of imidazole rings is 1. The van der Waals surface area contributed by atoms with Crippen molar-refractivity contribution in [3.63, 3.8) is 0 Å². The summed E-state index contributed by atoms with van der Waals surface area (Å²) in [6.07, 6.45) is 3.97. The van der Waals surface area contributed by atoms with Gasteiger partial charge < -0.3 is 4.98 Å². The van der Waals surface area contributed by atoms with Crippen molar-refractivity contribution in [2.45, 2.75) is 32.1 Å². The molecule has 0 aliphatic heterocycles. The maximum Gasteiger partial charge on any atom is 0.110 e. The molecule has 0 unspecified atom stereocenters. The molecule has 0 amide bonds. The van der Waals surface area contributed by atoms with E-state index < -0.39 is 0 Å². The second-order valence-electron chi connectivity index (χ2n) is 4.27. The van der Waals surface area contributed by atoms with Crippen LogP contribution >= 0.6 is 0 Å². The number of aromatic amines is 1. The lowest BCUT2D eigenvalue weighted by Gasteiger charge is -2.22. The summed E-state index contributed by atoms with van der Waals surface area (Å²) in [5, 5.41) is 0. The Bertz CT molecular complexity index is 466. The summed E-state index contributed by atoms with van der Waals surface area (Å²) in [7, 11) is 0. The smallest absolute Gasteiger partial charge is 0.110 e. The minimum Gasteiger partial charge on any atom is -0.342 e. The van der Waals surface area contributed by atoms with E-state index in [9.17, 15) is 0 Å². The molecule has 0 atom stereocenters. The van der Waals surface area contributed by atoms with Gasteiger partial charge in [0.05, 0.1) is 11.0 Å². The van der Waals surface area contributed by atoms with Gasteiger partial charge in [0.2, 0.25) is 0 Å². The third-order valence-corrected chi connectivity index (χ3v) is 3.15. The van der Waals surface area contributed by atoms with E-state index in [0.717, 1.165) is 5.52 Å². The van der Waals surface area contributed by atoms with Crippen LogP contribution in [0.1, 0.15) is 36.6 Å². The lowest BCUT2D eigenvalue weighted by Crippen LogP contribution is -2.10. The number of aromatic nitrogens is 2. The molecule has 2 nitrogen and oxygen atoms in total. The Balaban J connectivity index is 2.10. The number of hydrogen-bond acceptors (Lipinski definition) is 1. The van der Waals surface area contributed by atoms with Crippen LogP contribution in [0.4, 0.5) is 0 Å². The minimum absolute atomic E-state index is 0.697. The van der Waals surface area contributed by atoms with Crippen molar-refractivity contribution in [2.24, 2.45) is 0 Å². The molecule has 1 aromatic heterocycles. The molecule has 14 heavy (non-hydrogen) atoms. The summed E-state index contributed by atoms with van der Waals surface area (Å²) in [6, 6.07) is 6.39. The molecular weight excluding hydrogens is 172 g/mol. The quantitative estimate of drug-likeness (QED) is 0.728. The van der Waals surface area contributed by atoms with E-state index in [1.807, 2.05) is 0 Å². The lowest BCUT2D eigenvalue weighted by atomic mass is 9.85. The third-order valence-electron chi connectivity index (χ3n) is 3.15. The average Bonchev–Trinajstić information content (AvgIpc) is 2.43. The highest BCUT2D eigenvalue weighted by Gasteiger charge is 2.22. The van der Waals surface area contributed by atoms with Gasteiger partial charge in [-0.3, -0.25) is 0 Å².